The van der Waals surface area contributed by atoms with Gasteiger partial charge in [-0.2, -0.15) is 0 Å². The zero-order valence-electron chi connectivity index (χ0n) is 10.8. The third-order valence-electron chi connectivity index (χ3n) is 3.04. The summed E-state index contributed by atoms with van der Waals surface area (Å²) in [4.78, 5) is 22.5. The van der Waals surface area contributed by atoms with E-state index in [2.05, 4.69) is 15.0 Å². The van der Waals surface area contributed by atoms with Crippen LogP contribution in [0.25, 0.3) is 17.0 Å². The summed E-state index contributed by atoms with van der Waals surface area (Å²) in [5.74, 6) is 0.158. The minimum absolute atomic E-state index is 0.158. The first-order chi connectivity index (χ1) is 9.84. The van der Waals surface area contributed by atoms with Crippen LogP contribution in [-0.2, 0) is 0 Å². The number of benzene rings is 1. The van der Waals surface area contributed by atoms with Gasteiger partial charge in [-0.3, -0.25) is 4.79 Å². The second-order valence-corrected chi connectivity index (χ2v) is 4.40. The Bertz CT molecular complexity index is 743. The van der Waals surface area contributed by atoms with Gasteiger partial charge in [-0.05, 0) is 18.2 Å². The summed E-state index contributed by atoms with van der Waals surface area (Å²) in [5, 5.41) is 1.03. The Hall–Kier alpha value is -2.75. The SMILES string of the molecule is O=C1CC=Cc2nc3ccccc3cc21.c1c[nH]cn1. The van der Waals surface area contributed by atoms with Crippen LogP contribution in [0, 0.1) is 0 Å². The van der Waals surface area contributed by atoms with Crippen molar-refractivity contribution in [3.63, 3.8) is 0 Å². The molecule has 1 aliphatic carbocycles. The Morgan fingerprint density at radius 2 is 2.10 bits per heavy atom. The second kappa shape index (κ2) is 5.48. The topological polar surface area (TPSA) is 58.6 Å². The molecule has 1 aromatic carbocycles. The third kappa shape index (κ3) is 2.49. The summed E-state index contributed by atoms with van der Waals surface area (Å²) in [5.41, 5.74) is 2.48. The predicted octanol–water partition coefficient (Wildman–Crippen LogP) is 3.24. The molecule has 0 saturated heterocycles. The number of nitrogens with one attached hydrogen (secondary N) is 1. The van der Waals surface area contributed by atoms with Crippen molar-refractivity contribution in [2.24, 2.45) is 0 Å². The quantitative estimate of drug-likeness (QED) is 0.677. The van der Waals surface area contributed by atoms with E-state index < -0.39 is 0 Å². The minimum atomic E-state index is 0.158. The van der Waals surface area contributed by atoms with Crippen molar-refractivity contribution in [3.8, 4) is 0 Å². The maximum Gasteiger partial charge on any atom is 0.168 e. The molecule has 0 radical (unpaired) electrons. The normalized spacial score (nSPS) is 12.7. The average molecular weight is 263 g/mol. The zero-order valence-corrected chi connectivity index (χ0v) is 10.8. The van der Waals surface area contributed by atoms with E-state index >= 15 is 0 Å². The number of carbonyl (C=O) groups is 1. The molecule has 0 spiro atoms. The average Bonchev–Trinajstić information content (AvgIpc) is 3.05. The zero-order chi connectivity index (χ0) is 13.8. The van der Waals surface area contributed by atoms with Gasteiger partial charge in [0, 0.05) is 29.8 Å². The molecule has 4 heteroatoms. The summed E-state index contributed by atoms with van der Waals surface area (Å²) >= 11 is 0. The van der Waals surface area contributed by atoms with Crippen molar-refractivity contribution in [2.75, 3.05) is 0 Å². The third-order valence-corrected chi connectivity index (χ3v) is 3.04. The van der Waals surface area contributed by atoms with Gasteiger partial charge in [0.1, 0.15) is 0 Å². The molecule has 1 aliphatic rings. The number of hydrogen-bond acceptors (Lipinski definition) is 3. The van der Waals surface area contributed by atoms with E-state index in [1.807, 2.05) is 42.5 Å². The van der Waals surface area contributed by atoms with Gasteiger partial charge in [0.2, 0.25) is 0 Å². The Balaban J connectivity index is 0.000000205. The molecule has 0 saturated carbocycles. The molecule has 0 unspecified atom stereocenters. The first-order valence-electron chi connectivity index (χ1n) is 6.37. The van der Waals surface area contributed by atoms with Crippen molar-refractivity contribution in [3.05, 3.63) is 66.4 Å². The van der Waals surface area contributed by atoms with Gasteiger partial charge in [0.05, 0.1) is 17.5 Å². The number of carbonyl (C=O) groups excluding carboxylic acids is 1. The molecule has 2 aromatic heterocycles. The first kappa shape index (κ1) is 12.3. The number of Topliss-reactive ketones (excluding diaryl/α,β-unsaturated/α-hetero) is 1. The van der Waals surface area contributed by atoms with Crippen molar-refractivity contribution in [2.45, 2.75) is 6.42 Å². The van der Waals surface area contributed by atoms with E-state index in [9.17, 15) is 4.79 Å². The molecule has 0 bridgehead atoms. The number of nitrogens with zero attached hydrogens (tertiary/aromatic N) is 2. The van der Waals surface area contributed by atoms with Crippen LogP contribution in [0.15, 0.2) is 55.1 Å². The number of aromatic nitrogens is 3. The number of aromatic amines is 1. The minimum Gasteiger partial charge on any atom is -0.351 e. The van der Waals surface area contributed by atoms with Gasteiger partial charge in [-0.25, -0.2) is 9.97 Å². The van der Waals surface area contributed by atoms with E-state index in [-0.39, 0.29) is 5.78 Å². The van der Waals surface area contributed by atoms with Crippen LogP contribution >= 0.6 is 0 Å². The number of allylic oxidation sites excluding steroid dienone is 1. The fraction of sp³-hybridized carbons (Fsp3) is 0.0625. The summed E-state index contributed by atoms with van der Waals surface area (Å²) in [6, 6.07) is 9.79. The molecule has 3 aromatic rings. The van der Waals surface area contributed by atoms with E-state index in [0.29, 0.717) is 6.42 Å². The number of imidazole rings is 1. The summed E-state index contributed by atoms with van der Waals surface area (Å²) in [6.45, 7) is 0. The fourth-order valence-electron chi connectivity index (χ4n) is 2.08. The lowest BCUT2D eigenvalue weighted by molar-refractivity contribution is 0.0994. The lowest BCUT2D eigenvalue weighted by Crippen LogP contribution is -2.06. The summed E-state index contributed by atoms with van der Waals surface area (Å²) < 4.78 is 0. The van der Waals surface area contributed by atoms with Gasteiger partial charge < -0.3 is 4.98 Å². The molecule has 0 aliphatic heterocycles. The van der Waals surface area contributed by atoms with Gasteiger partial charge >= 0.3 is 0 Å². The molecule has 0 amide bonds. The van der Waals surface area contributed by atoms with E-state index in [0.717, 1.165) is 22.2 Å². The summed E-state index contributed by atoms with van der Waals surface area (Å²) in [7, 11) is 0. The van der Waals surface area contributed by atoms with Crippen LogP contribution in [0.1, 0.15) is 22.5 Å². The molecular weight excluding hydrogens is 250 g/mol. The van der Waals surface area contributed by atoms with Crippen molar-refractivity contribution < 1.29 is 4.79 Å². The predicted molar refractivity (Wildman–Crippen MR) is 78.3 cm³/mol. The molecule has 4 nitrogen and oxygen atoms in total. The molecule has 1 N–H and O–H groups in total. The lowest BCUT2D eigenvalue weighted by atomic mass is 9.99. The van der Waals surface area contributed by atoms with Gasteiger partial charge in [0.25, 0.3) is 0 Å². The lowest BCUT2D eigenvalue weighted by Gasteiger charge is -2.09. The van der Waals surface area contributed by atoms with Gasteiger partial charge in [-0.1, -0.05) is 24.3 Å². The highest BCUT2D eigenvalue weighted by Gasteiger charge is 2.14. The Kier molecular flexibility index (Phi) is 3.37. The van der Waals surface area contributed by atoms with Gasteiger partial charge in [0.15, 0.2) is 5.78 Å². The van der Waals surface area contributed by atoms with Gasteiger partial charge in [-0.15, -0.1) is 0 Å². The molecule has 0 fully saturated rings. The largest absolute Gasteiger partial charge is 0.351 e. The Morgan fingerprint density at radius 1 is 1.20 bits per heavy atom. The molecule has 98 valence electrons. The highest BCUT2D eigenvalue weighted by atomic mass is 16.1. The molecule has 20 heavy (non-hydrogen) atoms. The maximum absolute atomic E-state index is 11.6. The fourth-order valence-corrected chi connectivity index (χ4v) is 2.08. The number of hydrogen-bond donors (Lipinski definition) is 1. The molecule has 0 atom stereocenters. The highest BCUT2D eigenvalue weighted by Crippen LogP contribution is 2.22. The standard InChI is InChI=1S/C13H9NO.C3H4N2/c15-13-7-3-6-12-10(13)8-9-4-1-2-5-11(9)14-12;1-2-5-3-4-1/h1-6,8H,7H2;1-3H,(H,4,5). The van der Waals surface area contributed by atoms with Crippen LogP contribution in [0.4, 0.5) is 0 Å². The van der Waals surface area contributed by atoms with Crippen LogP contribution in [-0.4, -0.2) is 20.7 Å². The van der Waals surface area contributed by atoms with E-state index in [1.165, 1.54) is 0 Å². The van der Waals surface area contributed by atoms with E-state index in [1.54, 1.807) is 18.7 Å². The number of para-hydroxylation sites is 1. The molecule has 2 heterocycles. The molecular formula is C16H13N3O. The van der Waals surface area contributed by atoms with E-state index in [4.69, 9.17) is 0 Å². The monoisotopic (exact) mass is 263 g/mol. The Labute approximate surface area is 116 Å². The second-order valence-electron chi connectivity index (χ2n) is 4.40. The van der Waals surface area contributed by atoms with Crippen molar-refractivity contribution >= 4 is 22.8 Å². The van der Waals surface area contributed by atoms with Crippen LogP contribution in [0.2, 0.25) is 0 Å². The van der Waals surface area contributed by atoms with Crippen molar-refractivity contribution in [1.29, 1.82) is 0 Å². The number of rotatable bonds is 0. The molecule has 4 rings (SSSR count). The number of pyridine rings is 1. The number of H-pyrrole nitrogens is 1. The first-order valence-corrected chi connectivity index (χ1v) is 6.37. The highest BCUT2D eigenvalue weighted by molar-refractivity contribution is 6.04. The Morgan fingerprint density at radius 3 is 2.85 bits per heavy atom. The van der Waals surface area contributed by atoms with Crippen LogP contribution < -0.4 is 0 Å². The summed E-state index contributed by atoms with van der Waals surface area (Å²) in [6.07, 6.45) is 9.36. The van der Waals surface area contributed by atoms with Crippen LogP contribution in [0.5, 0.6) is 0 Å². The number of fused-ring (bicyclic) bond motifs is 2. The van der Waals surface area contributed by atoms with Crippen molar-refractivity contribution in [1.82, 2.24) is 15.0 Å². The number of ketones is 1. The maximum atomic E-state index is 11.6. The van der Waals surface area contributed by atoms with Crippen LogP contribution in [0.3, 0.4) is 0 Å². The smallest absolute Gasteiger partial charge is 0.168 e.